The lowest BCUT2D eigenvalue weighted by atomic mass is 9.93. The van der Waals surface area contributed by atoms with Gasteiger partial charge in [0, 0.05) is 17.5 Å². The van der Waals surface area contributed by atoms with Crippen LogP contribution in [0.15, 0.2) is 12.2 Å². The molecule has 0 aromatic heterocycles. The predicted octanol–water partition coefficient (Wildman–Crippen LogP) is 1.71. The van der Waals surface area contributed by atoms with Gasteiger partial charge in [-0.25, -0.2) is 17.9 Å². The number of hydrogen-bond acceptors (Lipinski definition) is 4. The number of carbonyl (C=O) groups is 1. The van der Waals surface area contributed by atoms with Crippen molar-refractivity contribution < 1.29 is 31.1 Å². The van der Waals surface area contributed by atoms with Crippen LogP contribution in [0.1, 0.15) is 26.2 Å². The molecule has 0 spiro atoms. The third-order valence-corrected chi connectivity index (χ3v) is 5.19. The van der Waals surface area contributed by atoms with Gasteiger partial charge in [0.2, 0.25) is 0 Å². The van der Waals surface area contributed by atoms with Crippen molar-refractivity contribution in [2.24, 2.45) is 11.8 Å². The van der Waals surface area contributed by atoms with Crippen LogP contribution in [-0.4, -0.2) is 32.0 Å². The third-order valence-electron chi connectivity index (χ3n) is 3.97. The van der Waals surface area contributed by atoms with Crippen molar-refractivity contribution in [2.45, 2.75) is 43.8 Å². The highest BCUT2D eigenvalue weighted by atomic mass is 32.2. The first kappa shape index (κ1) is 16.3. The molecule has 5 nitrogen and oxygen atoms in total. The Morgan fingerprint density at radius 3 is 2.38 bits per heavy atom. The van der Waals surface area contributed by atoms with Crippen molar-refractivity contribution in [3.8, 4) is 0 Å². The second kappa shape index (κ2) is 5.28. The zero-order chi connectivity index (χ0) is 16.0. The predicted molar refractivity (Wildman–Crippen MR) is 67.4 cm³/mol. The lowest BCUT2D eigenvalue weighted by molar-refractivity contribution is -0.147. The molecule has 2 fully saturated rings. The van der Waals surface area contributed by atoms with Gasteiger partial charge < -0.3 is 4.74 Å². The fourth-order valence-electron chi connectivity index (χ4n) is 3.06. The molecule has 4 atom stereocenters. The van der Waals surface area contributed by atoms with Crippen LogP contribution in [0.25, 0.3) is 0 Å². The summed E-state index contributed by atoms with van der Waals surface area (Å²) in [5.41, 5.74) is -5.14. The van der Waals surface area contributed by atoms with Gasteiger partial charge in [-0.05, 0) is 32.1 Å². The van der Waals surface area contributed by atoms with Crippen LogP contribution in [0.5, 0.6) is 0 Å². The zero-order valence-electron chi connectivity index (χ0n) is 11.3. The largest absolute Gasteiger partial charge is 0.511 e. The van der Waals surface area contributed by atoms with Crippen LogP contribution in [0.2, 0.25) is 0 Å². The second-order valence-corrected chi connectivity index (χ2v) is 7.34. The maximum Gasteiger partial charge on any atom is 0.511 e. The highest BCUT2D eigenvalue weighted by Gasteiger charge is 2.53. The molecule has 0 heterocycles. The Morgan fingerprint density at radius 1 is 1.29 bits per heavy atom. The van der Waals surface area contributed by atoms with E-state index in [1.54, 1.807) is 4.72 Å². The Morgan fingerprint density at radius 2 is 1.90 bits per heavy atom. The molecular weight excluding hydrogens is 311 g/mol. The zero-order valence-corrected chi connectivity index (χ0v) is 12.1. The molecule has 0 amide bonds. The van der Waals surface area contributed by atoms with Crippen molar-refractivity contribution in [3.05, 3.63) is 12.2 Å². The summed E-state index contributed by atoms with van der Waals surface area (Å²) >= 11 is 0. The molecule has 2 aliphatic carbocycles. The quantitative estimate of drug-likeness (QED) is 0.630. The Balaban J connectivity index is 2.05. The van der Waals surface area contributed by atoms with Gasteiger partial charge in [0.05, 0.1) is 0 Å². The van der Waals surface area contributed by atoms with Gasteiger partial charge in [0.25, 0.3) is 0 Å². The van der Waals surface area contributed by atoms with Gasteiger partial charge in [-0.1, -0.05) is 6.58 Å². The molecule has 21 heavy (non-hydrogen) atoms. The fourth-order valence-corrected chi connectivity index (χ4v) is 3.86. The first-order valence-electron chi connectivity index (χ1n) is 6.46. The molecular formula is C12H16F3NO4S. The van der Waals surface area contributed by atoms with E-state index in [4.69, 9.17) is 4.74 Å². The van der Waals surface area contributed by atoms with Gasteiger partial charge in [0.15, 0.2) is 0 Å². The average molecular weight is 327 g/mol. The number of carbonyl (C=O) groups excluding carboxylic acids is 1. The first-order valence-corrected chi connectivity index (χ1v) is 7.94. The molecule has 2 bridgehead atoms. The van der Waals surface area contributed by atoms with E-state index in [2.05, 4.69) is 6.58 Å². The number of ether oxygens (including phenoxy) is 1. The summed E-state index contributed by atoms with van der Waals surface area (Å²) in [7, 11) is -5.38. The SMILES string of the molecule is C=C(C)C(=O)OC1CC2CC(NS(=O)(=O)C(F)(F)F)C1C2. The first-order chi connectivity index (χ1) is 9.51. The normalized spacial score (nSPS) is 32.2. The molecule has 0 saturated heterocycles. The van der Waals surface area contributed by atoms with Gasteiger partial charge in [-0.2, -0.15) is 13.2 Å². The van der Waals surface area contributed by atoms with Gasteiger partial charge in [-0.15, -0.1) is 0 Å². The number of halogens is 3. The standard InChI is InChI=1S/C12H16F3NO4S/c1-6(2)11(17)20-10-5-7-3-8(10)9(4-7)16-21(18,19)12(13,14)15/h7-10,16H,1,3-5H2,2H3. The second-order valence-electron chi connectivity index (χ2n) is 5.63. The molecule has 1 N–H and O–H groups in total. The van der Waals surface area contributed by atoms with Gasteiger partial charge in [-0.3, -0.25) is 0 Å². The molecule has 0 aromatic carbocycles. The fraction of sp³-hybridized carbons (Fsp3) is 0.750. The molecule has 0 aromatic rings. The molecule has 2 rings (SSSR count). The minimum absolute atomic E-state index is 0.0684. The summed E-state index contributed by atoms with van der Waals surface area (Å²) in [5, 5.41) is 0. The van der Waals surface area contributed by atoms with Crippen LogP contribution >= 0.6 is 0 Å². The summed E-state index contributed by atoms with van der Waals surface area (Å²) in [6.45, 7) is 4.91. The highest BCUT2D eigenvalue weighted by Crippen LogP contribution is 2.47. The summed E-state index contributed by atoms with van der Waals surface area (Å²) in [6.07, 6.45) is 0.877. The van der Waals surface area contributed by atoms with Crippen LogP contribution in [0.4, 0.5) is 13.2 Å². The Labute approximate surface area is 120 Å². The lowest BCUT2D eigenvalue weighted by Gasteiger charge is -2.29. The number of nitrogens with one attached hydrogen (secondary N) is 1. The third kappa shape index (κ3) is 3.23. The number of rotatable bonds is 4. The molecule has 2 aliphatic rings. The van der Waals surface area contributed by atoms with E-state index in [1.165, 1.54) is 6.92 Å². The minimum atomic E-state index is -5.38. The molecule has 2 saturated carbocycles. The summed E-state index contributed by atoms with van der Waals surface area (Å²) < 4.78 is 66.4. The Bertz CT molecular complexity index is 557. The number of fused-ring (bicyclic) bond motifs is 2. The number of esters is 1. The van der Waals surface area contributed by atoms with Crippen LogP contribution in [0.3, 0.4) is 0 Å². The van der Waals surface area contributed by atoms with Crippen molar-refractivity contribution in [3.63, 3.8) is 0 Å². The van der Waals surface area contributed by atoms with Crippen molar-refractivity contribution in [1.82, 2.24) is 4.72 Å². The van der Waals surface area contributed by atoms with Crippen molar-refractivity contribution in [1.29, 1.82) is 0 Å². The number of alkyl halides is 3. The van der Waals surface area contributed by atoms with Gasteiger partial charge >= 0.3 is 21.5 Å². The Hall–Kier alpha value is -1.09. The van der Waals surface area contributed by atoms with E-state index < -0.39 is 39.6 Å². The van der Waals surface area contributed by atoms with E-state index in [1.807, 2.05) is 0 Å². The molecule has 120 valence electrons. The smallest absolute Gasteiger partial charge is 0.459 e. The minimum Gasteiger partial charge on any atom is -0.459 e. The lowest BCUT2D eigenvalue weighted by Crippen LogP contribution is -2.48. The van der Waals surface area contributed by atoms with E-state index in [0.717, 1.165) is 0 Å². The van der Waals surface area contributed by atoms with E-state index >= 15 is 0 Å². The average Bonchev–Trinajstić information content (AvgIpc) is 2.85. The van der Waals surface area contributed by atoms with Gasteiger partial charge in [0.1, 0.15) is 6.10 Å². The molecule has 0 aliphatic heterocycles. The summed E-state index contributed by atoms with van der Waals surface area (Å²) in [6, 6.07) is -0.849. The maximum atomic E-state index is 12.4. The summed E-state index contributed by atoms with van der Waals surface area (Å²) in [4.78, 5) is 11.5. The topological polar surface area (TPSA) is 72.5 Å². The molecule has 4 unspecified atom stereocenters. The monoisotopic (exact) mass is 327 g/mol. The van der Waals surface area contributed by atoms with E-state index in [0.29, 0.717) is 19.3 Å². The number of hydrogen-bond donors (Lipinski definition) is 1. The van der Waals surface area contributed by atoms with E-state index in [9.17, 15) is 26.4 Å². The van der Waals surface area contributed by atoms with Crippen molar-refractivity contribution in [2.75, 3.05) is 0 Å². The molecule has 9 heteroatoms. The van der Waals surface area contributed by atoms with Crippen LogP contribution in [-0.2, 0) is 19.6 Å². The van der Waals surface area contributed by atoms with E-state index in [-0.39, 0.29) is 11.5 Å². The van der Waals surface area contributed by atoms with Crippen LogP contribution in [0, 0.1) is 11.8 Å². The Kier molecular flexibility index (Phi) is 4.09. The maximum absolute atomic E-state index is 12.4. The van der Waals surface area contributed by atoms with Crippen molar-refractivity contribution >= 4 is 16.0 Å². The van der Waals surface area contributed by atoms with Crippen LogP contribution < -0.4 is 4.72 Å². The number of sulfonamides is 1. The summed E-state index contributed by atoms with van der Waals surface area (Å²) in [5.74, 6) is -0.959. The molecule has 0 radical (unpaired) electrons. The highest BCUT2D eigenvalue weighted by molar-refractivity contribution is 7.90.